The van der Waals surface area contributed by atoms with Crippen molar-refractivity contribution in [2.75, 3.05) is 19.8 Å². The van der Waals surface area contributed by atoms with Crippen LogP contribution in [0, 0.1) is 5.82 Å². The Labute approximate surface area is 129 Å². The molecule has 5 nitrogen and oxygen atoms in total. The lowest BCUT2D eigenvalue weighted by Gasteiger charge is -2.19. The highest BCUT2D eigenvalue weighted by molar-refractivity contribution is 5.29. The Kier molecular flexibility index (Phi) is 4.82. The summed E-state index contributed by atoms with van der Waals surface area (Å²) in [5, 5.41) is 7.70. The quantitative estimate of drug-likeness (QED) is 0.887. The largest absolute Gasteiger partial charge is 0.350 e. The Balaban J connectivity index is 1.69. The van der Waals surface area contributed by atoms with Crippen molar-refractivity contribution in [2.45, 2.75) is 18.8 Å². The minimum absolute atomic E-state index is 0.0318. The van der Waals surface area contributed by atoms with Crippen molar-refractivity contribution in [3.63, 3.8) is 0 Å². The second-order valence-electron chi connectivity index (χ2n) is 5.35. The first-order valence-electron chi connectivity index (χ1n) is 7.43. The number of aromatic nitrogens is 2. The number of nitrogens with zero attached hydrogens (tertiary/aromatic N) is 2. The molecule has 0 spiro atoms. The van der Waals surface area contributed by atoms with Gasteiger partial charge in [-0.15, -0.1) is 0 Å². The SMILES string of the molecule is Cn1cc(C(NCCC2OCCO2)c2ccc(F)cc2)cn1. The van der Waals surface area contributed by atoms with Gasteiger partial charge in [-0.3, -0.25) is 4.68 Å². The Morgan fingerprint density at radius 3 is 2.64 bits per heavy atom. The van der Waals surface area contributed by atoms with Gasteiger partial charge in [-0.25, -0.2) is 4.39 Å². The van der Waals surface area contributed by atoms with Crippen LogP contribution in [0.5, 0.6) is 0 Å². The summed E-state index contributed by atoms with van der Waals surface area (Å²) >= 11 is 0. The molecule has 3 rings (SSSR count). The molecule has 1 atom stereocenters. The van der Waals surface area contributed by atoms with E-state index >= 15 is 0 Å². The topological polar surface area (TPSA) is 48.3 Å². The van der Waals surface area contributed by atoms with Crippen LogP contribution >= 0.6 is 0 Å². The van der Waals surface area contributed by atoms with Crippen molar-refractivity contribution in [1.82, 2.24) is 15.1 Å². The monoisotopic (exact) mass is 305 g/mol. The number of benzene rings is 1. The van der Waals surface area contributed by atoms with E-state index in [1.807, 2.05) is 19.4 Å². The number of ether oxygens (including phenoxy) is 2. The first kappa shape index (κ1) is 15.1. The summed E-state index contributed by atoms with van der Waals surface area (Å²) < 4.78 is 25.8. The molecule has 22 heavy (non-hydrogen) atoms. The molecule has 1 fully saturated rings. The van der Waals surface area contributed by atoms with Crippen LogP contribution in [-0.4, -0.2) is 35.8 Å². The van der Waals surface area contributed by atoms with Crippen LogP contribution in [0.2, 0.25) is 0 Å². The molecule has 0 radical (unpaired) electrons. The summed E-state index contributed by atoms with van der Waals surface area (Å²) in [5.74, 6) is -0.235. The summed E-state index contributed by atoms with van der Waals surface area (Å²) in [4.78, 5) is 0. The molecule has 1 aromatic heterocycles. The summed E-state index contributed by atoms with van der Waals surface area (Å²) in [5.41, 5.74) is 2.05. The number of nitrogens with one attached hydrogen (secondary N) is 1. The van der Waals surface area contributed by atoms with E-state index in [0.29, 0.717) is 13.2 Å². The highest BCUT2D eigenvalue weighted by atomic mass is 19.1. The molecule has 0 amide bonds. The van der Waals surface area contributed by atoms with Crippen molar-refractivity contribution in [1.29, 1.82) is 0 Å². The van der Waals surface area contributed by atoms with Gasteiger partial charge in [-0.05, 0) is 17.7 Å². The number of halogens is 1. The molecule has 1 aromatic carbocycles. The normalized spacial score (nSPS) is 17.0. The van der Waals surface area contributed by atoms with Gasteiger partial charge in [-0.2, -0.15) is 5.10 Å². The van der Waals surface area contributed by atoms with Crippen LogP contribution < -0.4 is 5.32 Å². The summed E-state index contributed by atoms with van der Waals surface area (Å²) in [6.45, 7) is 2.06. The molecule has 1 N–H and O–H groups in total. The van der Waals surface area contributed by atoms with Gasteiger partial charge in [0, 0.05) is 31.8 Å². The summed E-state index contributed by atoms with van der Waals surface area (Å²) in [6, 6.07) is 6.51. The number of hydrogen-bond acceptors (Lipinski definition) is 4. The number of rotatable bonds is 6. The second-order valence-corrected chi connectivity index (χ2v) is 5.35. The van der Waals surface area contributed by atoms with Gasteiger partial charge in [0.05, 0.1) is 25.5 Å². The Morgan fingerprint density at radius 1 is 1.27 bits per heavy atom. The number of hydrogen-bond donors (Lipinski definition) is 1. The first-order valence-corrected chi connectivity index (χ1v) is 7.43. The van der Waals surface area contributed by atoms with Crippen molar-refractivity contribution < 1.29 is 13.9 Å². The fourth-order valence-corrected chi connectivity index (χ4v) is 2.59. The third kappa shape index (κ3) is 3.71. The van der Waals surface area contributed by atoms with E-state index in [9.17, 15) is 4.39 Å². The van der Waals surface area contributed by atoms with E-state index < -0.39 is 0 Å². The van der Waals surface area contributed by atoms with Crippen molar-refractivity contribution in [3.05, 3.63) is 53.6 Å². The molecule has 118 valence electrons. The van der Waals surface area contributed by atoms with E-state index in [-0.39, 0.29) is 18.1 Å². The van der Waals surface area contributed by atoms with Gasteiger partial charge in [0.15, 0.2) is 6.29 Å². The molecule has 1 unspecified atom stereocenters. The molecule has 1 aliphatic heterocycles. The molecular weight excluding hydrogens is 285 g/mol. The molecule has 2 aromatic rings. The van der Waals surface area contributed by atoms with E-state index in [1.54, 1.807) is 16.8 Å². The third-order valence-corrected chi connectivity index (χ3v) is 3.68. The lowest BCUT2D eigenvalue weighted by Crippen LogP contribution is -2.26. The van der Waals surface area contributed by atoms with Crippen LogP contribution in [-0.2, 0) is 16.5 Å². The zero-order chi connectivity index (χ0) is 15.4. The summed E-state index contributed by atoms with van der Waals surface area (Å²) in [6.07, 6.45) is 4.43. The van der Waals surface area contributed by atoms with Crippen molar-refractivity contribution in [2.24, 2.45) is 7.05 Å². The maximum Gasteiger partial charge on any atom is 0.159 e. The van der Waals surface area contributed by atoms with Gasteiger partial charge < -0.3 is 14.8 Å². The standard InChI is InChI=1S/C16H20FN3O2/c1-20-11-13(10-19-20)16(12-2-4-14(17)5-3-12)18-7-6-15-21-8-9-22-15/h2-5,10-11,15-16,18H,6-9H2,1H3. The van der Waals surface area contributed by atoms with Gasteiger partial charge >= 0.3 is 0 Å². The molecule has 0 aliphatic carbocycles. The highest BCUT2D eigenvalue weighted by Crippen LogP contribution is 2.22. The Hall–Kier alpha value is -1.76. The van der Waals surface area contributed by atoms with Gasteiger partial charge in [-0.1, -0.05) is 12.1 Å². The third-order valence-electron chi connectivity index (χ3n) is 3.68. The number of aryl methyl sites for hydroxylation is 1. The fraction of sp³-hybridized carbons (Fsp3) is 0.438. The Bertz CT molecular complexity index is 594. The van der Waals surface area contributed by atoms with Gasteiger partial charge in [0.1, 0.15) is 5.82 Å². The van der Waals surface area contributed by atoms with Gasteiger partial charge in [0.25, 0.3) is 0 Å². The maximum absolute atomic E-state index is 13.1. The minimum atomic E-state index is -0.235. The maximum atomic E-state index is 13.1. The predicted octanol–water partition coefficient (Wildman–Crippen LogP) is 2.00. The van der Waals surface area contributed by atoms with Crippen molar-refractivity contribution in [3.8, 4) is 0 Å². The van der Waals surface area contributed by atoms with Gasteiger partial charge in [0.2, 0.25) is 0 Å². The highest BCUT2D eigenvalue weighted by Gasteiger charge is 2.19. The van der Waals surface area contributed by atoms with E-state index in [4.69, 9.17) is 9.47 Å². The van der Waals surface area contributed by atoms with E-state index in [1.165, 1.54) is 12.1 Å². The molecule has 1 aliphatic rings. The molecule has 0 saturated carbocycles. The zero-order valence-electron chi connectivity index (χ0n) is 12.5. The molecule has 0 bridgehead atoms. The predicted molar refractivity (Wildman–Crippen MR) is 79.8 cm³/mol. The van der Waals surface area contributed by atoms with Crippen LogP contribution in [0.15, 0.2) is 36.7 Å². The molecule has 1 saturated heterocycles. The second kappa shape index (κ2) is 7.00. The lowest BCUT2D eigenvalue weighted by molar-refractivity contribution is -0.0461. The molecule has 6 heteroatoms. The van der Waals surface area contributed by atoms with Crippen molar-refractivity contribution >= 4 is 0 Å². The zero-order valence-corrected chi connectivity index (χ0v) is 12.5. The van der Waals surface area contributed by atoms with Crippen LogP contribution in [0.25, 0.3) is 0 Å². The summed E-state index contributed by atoms with van der Waals surface area (Å²) in [7, 11) is 1.88. The van der Waals surface area contributed by atoms with E-state index in [0.717, 1.165) is 24.1 Å². The molecule has 2 heterocycles. The van der Waals surface area contributed by atoms with Crippen LogP contribution in [0.4, 0.5) is 4.39 Å². The smallest absolute Gasteiger partial charge is 0.159 e. The van der Waals surface area contributed by atoms with Crippen LogP contribution in [0.3, 0.4) is 0 Å². The average molecular weight is 305 g/mol. The average Bonchev–Trinajstić information content (AvgIpc) is 3.17. The first-order chi connectivity index (χ1) is 10.7. The van der Waals surface area contributed by atoms with E-state index in [2.05, 4.69) is 10.4 Å². The minimum Gasteiger partial charge on any atom is -0.350 e. The molecular formula is C16H20FN3O2. The lowest BCUT2D eigenvalue weighted by atomic mass is 10.0. The van der Waals surface area contributed by atoms with Crippen LogP contribution in [0.1, 0.15) is 23.6 Å². The fourth-order valence-electron chi connectivity index (χ4n) is 2.59. The Morgan fingerprint density at radius 2 is 2.00 bits per heavy atom.